The molecule has 0 aliphatic heterocycles. The molecule has 28 heavy (non-hydrogen) atoms. The quantitative estimate of drug-likeness (QED) is 0.361. The fourth-order valence-corrected chi connectivity index (χ4v) is 2.54. The molecule has 0 bridgehead atoms. The molecular weight excluding hydrogens is 360 g/mol. The van der Waals surface area contributed by atoms with Gasteiger partial charge in [-0.3, -0.25) is 4.79 Å². The molecule has 6 heteroatoms. The number of carboxylic acid groups (broad SMARTS) is 1. The molecule has 1 unspecified atom stereocenters. The van der Waals surface area contributed by atoms with Gasteiger partial charge >= 0.3 is 5.97 Å². The highest BCUT2D eigenvalue weighted by Gasteiger charge is 2.17. The van der Waals surface area contributed by atoms with Crippen LogP contribution in [0.25, 0.3) is 0 Å². The SMILES string of the molecule is CC(=CCc1cc(C(=O)O)cc(CCC(C)C(=O)C=CC(C)(C)O)c1O)CO. The molecule has 1 aromatic carbocycles. The number of aryl methyl sites for hydroxylation is 1. The van der Waals surface area contributed by atoms with E-state index >= 15 is 0 Å². The number of carboxylic acids is 1. The van der Waals surface area contributed by atoms with Crippen LogP contribution in [0, 0.1) is 5.92 Å². The number of carbonyl (C=O) groups is 2. The Morgan fingerprint density at radius 2 is 1.82 bits per heavy atom. The Kier molecular flexibility index (Phi) is 8.60. The van der Waals surface area contributed by atoms with Crippen molar-refractivity contribution in [3.8, 4) is 5.75 Å². The van der Waals surface area contributed by atoms with E-state index in [9.17, 15) is 24.9 Å². The number of allylic oxidation sites excluding steroid dienone is 2. The van der Waals surface area contributed by atoms with E-state index in [0.717, 1.165) is 5.57 Å². The topological polar surface area (TPSA) is 115 Å². The van der Waals surface area contributed by atoms with Crippen LogP contribution in [0.5, 0.6) is 5.75 Å². The maximum atomic E-state index is 12.2. The second-order valence-electron chi connectivity index (χ2n) is 7.69. The molecule has 154 valence electrons. The van der Waals surface area contributed by atoms with E-state index in [1.165, 1.54) is 24.3 Å². The van der Waals surface area contributed by atoms with E-state index in [2.05, 4.69) is 0 Å². The lowest BCUT2D eigenvalue weighted by atomic mass is 9.93. The molecule has 1 atom stereocenters. The number of aliphatic hydroxyl groups excluding tert-OH is 1. The Labute approximate surface area is 165 Å². The van der Waals surface area contributed by atoms with Gasteiger partial charge in [0, 0.05) is 5.92 Å². The number of aromatic hydroxyl groups is 1. The molecule has 0 aromatic heterocycles. The molecule has 0 amide bonds. The van der Waals surface area contributed by atoms with Crippen molar-refractivity contribution in [2.45, 2.75) is 52.6 Å². The molecular formula is C22H30O6. The monoisotopic (exact) mass is 390 g/mol. The number of phenolic OH excluding ortho intramolecular Hbond substituents is 1. The molecule has 0 saturated carbocycles. The van der Waals surface area contributed by atoms with Crippen LogP contribution in [0.2, 0.25) is 0 Å². The second-order valence-corrected chi connectivity index (χ2v) is 7.69. The number of aliphatic hydroxyl groups is 2. The average Bonchev–Trinajstić information content (AvgIpc) is 2.62. The van der Waals surface area contributed by atoms with Gasteiger partial charge in [-0.1, -0.05) is 24.6 Å². The van der Waals surface area contributed by atoms with Crippen molar-refractivity contribution >= 4 is 11.8 Å². The summed E-state index contributed by atoms with van der Waals surface area (Å²) < 4.78 is 0. The predicted molar refractivity (Wildman–Crippen MR) is 108 cm³/mol. The molecule has 0 saturated heterocycles. The van der Waals surface area contributed by atoms with Crippen molar-refractivity contribution in [2.24, 2.45) is 5.92 Å². The lowest BCUT2D eigenvalue weighted by Gasteiger charge is -2.14. The first-order chi connectivity index (χ1) is 12.9. The molecule has 0 heterocycles. The number of hydrogen-bond acceptors (Lipinski definition) is 5. The molecule has 6 nitrogen and oxygen atoms in total. The normalized spacial score (nSPS) is 13.7. The predicted octanol–water partition coefficient (Wildman–Crippen LogP) is 3.04. The van der Waals surface area contributed by atoms with Crippen molar-refractivity contribution in [1.29, 1.82) is 0 Å². The van der Waals surface area contributed by atoms with Crippen molar-refractivity contribution in [1.82, 2.24) is 0 Å². The largest absolute Gasteiger partial charge is 0.507 e. The second kappa shape index (κ2) is 10.2. The fraction of sp³-hybridized carbons (Fsp3) is 0.455. The van der Waals surface area contributed by atoms with Gasteiger partial charge in [-0.05, 0) is 69.4 Å². The number of hydrogen-bond donors (Lipinski definition) is 4. The third kappa shape index (κ3) is 7.66. The molecule has 1 aromatic rings. The molecule has 0 fully saturated rings. The Morgan fingerprint density at radius 1 is 1.21 bits per heavy atom. The zero-order valence-corrected chi connectivity index (χ0v) is 16.9. The number of benzene rings is 1. The maximum Gasteiger partial charge on any atom is 0.335 e. The number of ketones is 1. The minimum atomic E-state index is -1.09. The lowest BCUT2D eigenvalue weighted by molar-refractivity contribution is -0.118. The summed E-state index contributed by atoms with van der Waals surface area (Å²) in [5.74, 6) is -1.56. The summed E-state index contributed by atoms with van der Waals surface area (Å²) in [7, 11) is 0. The van der Waals surface area contributed by atoms with Gasteiger partial charge in [-0.2, -0.15) is 0 Å². The van der Waals surface area contributed by atoms with E-state index in [1.54, 1.807) is 33.8 Å². The summed E-state index contributed by atoms with van der Waals surface area (Å²) in [6.07, 6.45) is 5.59. The van der Waals surface area contributed by atoms with Gasteiger partial charge in [0.15, 0.2) is 5.78 Å². The number of phenols is 1. The van der Waals surface area contributed by atoms with E-state index in [-0.39, 0.29) is 29.6 Å². The molecule has 0 spiro atoms. The van der Waals surface area contributed by atoms with Crippen LogP contribution >= 0.6 is 0 Å². The minimum absolute atomic E-state index is 0.0127. The number of aromatic carboxylic acids is 1. The van der Waals surface area contributed by atoms with E-state index in [1.807, 2.05) is 0 Å². The van der Waals surface area contributed by atoms with E-state index in [4.69, 9.17) is 5.11 Å². The van der Waals surface area contributed by atoms with Crippen LogP contribution in [-0.4, -0.2) is 44.4 Å². The van der Waals surface area contributed by atoms with E-state index < -0.39 is 11.6 Å². The van der Waals surface area contributed by atoms with Crippen LogP contribution in [0.15, 0.2) is 35.9 Å². The fourth-order valence-electron chi connectivity index (χ4n) is 2.54. The number of rotatable bonds is 10. The zero-order chi connectivity index (χ0) is 21.5. The van der Waals surface area contributed by atoms with Crippen LogP contribution in [-0.2, 0) is 17.6 Å². The van der Waals surface area contributed by atoms with Crippen molar-refractivity contribution in [3.63, 3.8) is 0 Å². The van der Waals surface area contributed by atoms with Crippen LogP contribution in [0.1, 0.15) is 55.6 Å². The molecule has 4 N–H and O–H groups in total. The summed E-state index contributed by atoms with van der Waals surface area (Å²) >= 11 is 0. The van der Waals surface area contributed by atoms with Gasteiger partial charge in [0.2, 0.25) is 0 Å². The van der Waals surface area contributed by atoms with E-state index in [0.29, 0.717) is 30.4 Å². The zero-order valence-electron chi connectivity index (χ0n) is 16.9. The van der Waals surface area contributed by atoms with Gasteiger partial charge in [0.1, 0.15) is 5.75 Å². The maximum absolute atomic E-state index is 12.2. The summed E-state index contributed by atoms with van der Waals surface area (Å²) in [6, 6.07) is 2.84. The Hall–Kier alpha value is -2.44. The third-order valence-electron chi connectivity index (χ3n) is 4.42. The van der Waals surface area contributed by atoms with Crippen molar-refractivity contribution in [2.75, 3.05) is 6.61 Å². The molecule has 0 aliphatic rings. The summed E-state index contributed by atoms with van der Waals surface area (Å²) in [6.45, 7) is 6.54. The van der Waals surface area contributed by atoms with Gasteiger partial charge in [-0.15, -0.1) is 0 Å². The Balaban J connectivity index is 3.00. The first-order valence-corrected chi connectivity index (χ1v) is 9.24. The van der Waals surface area contributed by atoms with Gasteiger partial charge in [-0.25, -0.2) is 4.79 Å². The third-order valence-corrected chi connectivity index (χ3v) is 4.42. The first-order valence-electron chi connectivity index (χ1n) is 9.24. The Morgan fingerprint density at radius 3 is 2.36 bits per heavy atom. The van der Waals surface area contributed by atoms with Crippen molar-refractivity contribution < 1.29 is 30.0 Å². The van der Waals surface area contributed by atoms with Crippen LogP contribution in [0.3, 0.4) is 0 Å². The van der Waals surface area contributed by atoms with Gasteiger partial charge in [0.25, 0.3) is 0 Å². The minimum Gasteiger partial charge on any atom is -0.507 e. The Bertz CT molecular complexity index is 768. The highest BCUT2D eigenvalue weighted by atomic mass is 16.4. The highest BCUT2D eigenvalue weighted by molar-refractivity contribution is 5.91. The summed E-state index contributed by atoms with van der Waals surface area (Å²) in [5.41, 5.74) is 0.649. The van der Waals surface area contributed by atoms with Crippen LogP contribution in [0.4, 0.5) is 0 Å². The smallest absolute Gasteiger partial charge is 0.335 e. The van der Waals surface area contributed by atoms with Crippen LogP contribution < -0.4 is 0 Å². The molecule has 0 radical (unpaired) electrons. The van der Waals surface area contributed by atoms with Crippen molar-refractivity contribution in [3.05, 3.63) is 52.6 Å². The summed E-state index contributed by atoms with van der Waals surface area (Å²) in [5, 5.41) is 38.6. The standard InChI is InChI=1S/C22H30O6/c1-14(13-23)5-7-16-11-18(21(26)27)12-17(20(16)25)8-6-15(2)19(24)9-10-22(3,4)28/h5,9-12,15,23,25,28H,6-8,13H2,1-4H3,(H,26,27). The van der Waals surface area contributed by atoms with Gasteiger partial charge in [0.05, 0.1) is 17.8 Å². The average molecular weight is 390 g/mol. The lowest BCUT2D eigenvalue weighted by Crippen LogP contribution is -2.16. The highest BCUT2D eigenvalue weighted by Crippen LogP contribution is 2.28. The molecule has 1 rings (SSSR count). The number of carbonyl (C=O) groups excluding carboxylic acids is 1. The van der Waals surface area contributed by atoms with Gasteiger partial charge < -0.3 is 20.4 Å². The first kappa shape index (κ1) is 23.6. The molecule has 0 aliphatic carbocycles. The summed E-state index contributed by atoms with van der Waals surface area (Å²) in [4.78, 5) is 23.6.